The van der Waals surface area contributed by atoms with Crippen molar-refractivity contribution in [3.63, 3.8) is 0 Å². The molecule has 0 radical (unpaired) electrons. The maximum absolute atomic E-state index is 9.93. The first-order chi connectivity index (χ1) is 27.7. The second-order valence-corrected chi connectivity index (χ2v) is 15.2. The minimum Gasteiger partial charge on any atom is -0.308 e. The lowest BCUT2D eigenvalue weighted by Gasteiger charge is -2.40. The van der Waals surface area contributed by atoms with E-state index in [1.165, 1.54) is 10.9 Å². The van der Waals surface area contributed by atoms with Crippen LogP contribution in [0.2, 0.25) is 0 Å². The molecule has 1 aliphatic heterocycles. The van der Waals surface area contributed by atoms with Gasteiger partial charge in [-0.3, -0.25) is 15.0 Å². The van der Waals surface area contributed by atoms with Crippen LogP contribution in [0.5, 0.6) is 0 Å². The fourth-order valence-corrected chi connectivity index (χ4v) is 10.9. The van der Waals surface area contributed by atoms with Gasteiger partial charge in [-0.2, -0.15) is 10.5 Å². The van der Waals surface area contributed by atoms with Crippen LogP contribution >= 0.6 is 11.8 Å². The smallest absolute Gasteiger partial charge is 0.0991 e. The average Bonchev–Trinajstić information content (AvgIpc) is 3.87. The van der Waals surface area contributed by atoms with E-state index in [0.717, 1.165) is 87.5 Å². The summed E-state index contributed by atoms with van der Waals surface area (Å²) >= 11 is 1.78. The molecule has 0 bridgehead atoms. The fraction of sp³-hybridized carbons (Fsp3) is 0.0208. The van der Waals surface area contributed by atoms with E-state index < -0.39 is 5.41 Å². The monoisotopic (exact) mass is 731 g/mol. The molecule has 0 atom stereocenters. The van der Waals surface area contributed by atoms with Crippen molar-refractivity contribution in [1.82, 2.24) is 24.1 Å². The van der Waals surface area contributed by atoms with Crippen LogP contribution in [-0.4, -0.2) is 24.1 Å². The topological polar surface area (TPSA) is 96.1 Å². The van der Waals surface area contributed by atoms with Crippen molar-refractivity contribution in [3.05, 3.63) is 186 Å². The fourth-order valence-electron chi connectivity index (χ4n) is 9.47. The number of nitriles is 2. The van der Waals surface area contributed by atoms with Crippen LogP contribution in [0.1, 0.15) is 33.4 Å². The maximum Gasteiger partial charge on any atom is 0.0991 e. The highest BCUT2D eigenvalue weighted by molar-refractivity contribution is 7.99. The Morgan fingerprint density at radius 2 is 1.02 bits per heavy atom. The van der Waals surface area contributed by atoms with E-state index in [9.17, 15) is 10.5 Å². The molecule has 0 unspecified atom stereocenters. The van der Waals surface area contributed by atoms with Crippen LogP contribution < -0.4 is 0 Å². The Kier molecular flexibility index (Phi) is 6.21. The SMILES string of the molecule is N#Cc1ccc2c(c1)c1cc(C#N)ccc1n2-c1cccc2c1Sc1c(-n3c4ccccc4c4ccncc43)cccc1C21c2cccnc2-c2ncccc21. The van der Waals surface area contributed by atoms with Crippen molar-refractivity contribution >= 4 is 55.4 Å². The molecule has 10 aromatic rings. The van der Waals surface area contributed by atoms with Crippen molar-refractivity contribution < 1.29 is 0 Å². The zero-order valence-electron chi connectivity index (χ0n) is 29.5. The van der Waals surface area contributed by atoms with Gasteiger partial charge < -0.3 is 9.13 Å². The third kappa shape index (κ3) is 3.83. The average molecular weight is 732 g/mol. The number of fused-ring (bicyclic) bond motifs is 15. The van der Waals surface area contributed by atoms with E-state index in [4.69, 9.17) is 9.97 Å². The largest absolute Gasteiger partial charge is 0.308 e. The van der Waals surface area contributed by atoms with Crippen molar-refractivity contribution in [3.8, 4) is 34.9 Å². The standard InChI is InChI=1S/C48H25N7S/c49-25-28-15-17-39-32(23-28)33-24-29(26-50)16-18-40(33)54(39)41-13-3-8-36-46(41)56-47-37(48(36)34-10-5-20-52-44(34)45-35(48)11-6-21-53-45)9-4-14-42(47)55-38-12-2-1-7-30(38)31-19-22-51-27-43(31)55/h1-24,27H. The zero-order valence-corrected chi connectivity index (χ0v) is 30.3. The lowest BCUT2D eigenvalue weighted by atomic mass is 9.67. The molecule has 0 amide bonds. The molecule has 5 aromatic heterocycles. The van der Waals surface area contributed by atoms with E-state index in [1.807, 2.05) is 73.3 Å². The van der Waals surface area contributed by atoms with Crippen molar-refractivity contribution in [2.24, 2.45) is 0 Å². The number of rotatable bonds is 2. The Balaban J connectivity index is 1.25. The zero-order chi connectivity index (χ0) is 37.1. The molecule has 0 fully saturated rings. The number of aromatic nitrogens is 5. The van der Waals surface area contributed by atoms with Crippen molar-refractivity contribution in [2.75, 3.05) is 0 Å². The van der Waals surface area contributed by atoms with Crippen LogP contribution in [0.3, 0.4) is 0 Å². The van der Waals surface area contributed by atoms with E-state index >= 15 is 0 Å². The second-order valence-electron chi connectivity index (χ2n) is 14.2. The Labute approximate surface area is 324 Å². The minimum atomic E-state index is -0.743. The molecule has 258 valence electrons. The number of nitrogens with zero attached hydrogens (tertiary/aromatic N) is 7. The van der Waals surface area contributed by atoms with Crippen molar-refractivity contribution in [1.29, 1.82) is 10.5 Å². The number of hydrogen-bond donors (Lipinski definition) is 0. The molecule has 12 rings (SSSR count). The van der Waals surface area contributed by atoms with Gasteiger partial charge in [0.1, 0.15) is 0 Å². The summed E-state index contributed by atoms with van der Waals surface area (Å²) in [6.07, 6.45) is 7.55. The van der Waals surface area contributed by atoms with Gasteiger partial charge in [-0.1, -0.05) is 66.4 Å². The van der Waals surface area contributed by atoms with E-state index in [-0.39, 0.29) is 0 Å². The summed E-state index contributed by atoms with van der Waals surface area (Å²) in [4.78, 5) is 16.8. The van der Waals surface area contributed by atoms with Crippen LogP contribution in [-0.2, 0) is 5.41 Å². The molecule has 2 aliphatic rings. The lowest BCUT2D eigenvalue weighted by Crippen LogP contribution is -2.33. The van der Waals surface area contributed by atoms with Crippen LogP contribution in [0, 0.1) is 22.7 Å². The lowest BCUT2D eigenvalue weighted by molar-refractivity contribution is 0.714. The summed E-state index contributed by atoms with van der Waals surface area (Å²) in [7, 11) is 0. The predicted octanol–water partition coefficient (Wildman–Crippen LogP) is 10.6. The van der Waals surface area contributed by atoms with Gasteiger partial charge in [-0.25, -0.2) is 0 Å². The Morgan fingerprint density at radius 1 is 0.482 bits per heavy atom. The summed E-state index contributed by atoms with van der Waals surface area (Å²) < 4.78 is 4.66. The second kappa shape index (κ2) is 11.3. The number of para-hydroxylation sites is 1. The first kappa shape index (κ1) is 30.9. The van der Waals surface area contributed by atoms with Gasteiger partial charge in [0.25, 0.3) is 0 Å². The first-order valence-electron chi connectivity index (χ1n) is 18.3. The molecule has 5 aromatic carbocycles. The third-order valence-corrected chi connectivity index (χ3v) is 12.9. The number of benzene rings is 5. The van der Waals surface area contributed by atoms with Gasteiger partial charge in [0.05, 0.1) is 79.7 Å². The molecule has 1 spiro atoms. The summed E-state index contributed by atoms with van der Waals surface area (Å²) in [5, 5.41) is 24.0. The molecule has 1 aliphatic carbocycles. The molecular weight excluding hydrogens is 707 g/mol. The van der Waals surface area contributed by atoms with E-state index in [2.05, 4.69) is 105 Å². The Hall–Kier alpha value is -7.52. The van der Waals surface area contributed by atoms with Crippen LogP contribution in [0.15, 0.2) is 162 Å². The third-order valence-electron chi connectivity index (χ3n) is 11.6. The molecule has 6 heterocycles. The summed E-state index contributed by atoms with van der Waals surface area (Å²) in [5.41, 5.74) is 12.8. The molecule has 56 heavy (non-hydrogen) atoms. The van der Waals surface area contributed by atoms with E-state index in [1.54, 1.807) is 11.8 Å². The van der Waals surface area contributed by atoms with Gasteiger partial charge in [0, 0.05) is 49.9 Å². The van der Waals surface area contributed by atoms with Gasteiger partial charge in [0.2, 0.25) is 0 Å². The Morgan fingerprint density at radius 3 is 1.62 bits per heavy atom. The number of pyridine rings is 3. The van der Waals surface area contributed by atoms with E-state index in [0.29, 0.717) is 11.1 Å². The van der Waals surface area contributed by atoms with Gasteiger partial charge >= 0.3 is 0 Å². The van der Waals surface area contributed by atoms with Crippen molar-refractivity contribution in [2.45, 2.75) is 15.2 Å². The molecule has 8 heteroatoms. The molecule has 7 nitrogen and oxygen atoms in total. The van der Waals surface area contributed by atoms with Crippen LogP contribution in [0.4, 0.5) is 0 Å². The number of hydrogen-bond acceptors (Lipinski definition) is 6. The summed E-state index contributed by atoms with van der Waals surface area (Å²) in [6.45, 7) is 0. The first-order valence-corrected chi connectivity index (χ1v) is 19.1. The van der Waals surface area contributed by atoms with Crippen LogP contribution in [0.25, 0.3) is 66.4 Å². The highest BCUT2D eigenvalue weighted by atomic mass is 32.2. The molecular formula is C48H25N7S. The van der Waals surface area contributed by atoms with Gasteiger partial charge in [-0.15, -0.1) is 0 Å². The molecule has 0 saturated heterocycles. The molecule has 0 N–H and O–H groups in total. The normalized spacial score (nSPS) is 13.4. The Bertz CT molecular complexity index is 3280. The van der Waals surface area contributed by atoms with Gasteiger partial charge in [-0.05, 0) is 95.1 Å². The minimum absolute atomic E-state index is 0.570. The highest BCUT2D eigenvalue weighted by Crippen LogP contribution is 2.63. The highest BCUT2D eigenvalue weighted by Gasteiger charge is 2.52. The quantitative estimate of drug-likeness (QED) is 0.176. The predicted molar refractivity (Wildman–Crippen MR) is 219 cm³/mol. The van der Waals surface area contributed by atoms with Gasteiger partial charge in [0.15, 0.2) is 0 Å². The summed E-state index contributed by atoms with van der Waals surface area (Å²) in [6, 6.07) is 48.8. The maximum atomic E-state index is 9.93. The molecule has 0 saturated carbocycles. The summed E-state index contributed by atoms with van der Waals surface area (Å²) in [5.74, 6) is 0.